The third kappa shape index (κ3) is 3.02. The monoisotopic (exact) mass is 358 g/mol. The van der Waals surface area contributed by atoms with E-state index in [0.717, 1.165) is 37.0 Å². The van der Waals surface area contributed by atoms with Crippen LogP contribution in [0.15, 0.2) is 24.3 Å². The van der Waals surface area contributed by atoms with Crippen LogP contribution in [0.2, 0.25) is 0 Å². The van der Waals surface area contributed by atoms with Crippen molar-refractivity contribution < 1.29 is 19.4 Å². The first-order valence-corrected chi connectivity index (χ1v) is 9.59. The Hall–Kier alpha value is -2.24. The zero-order valence-electron chi connectivity index (χ0n) is 14.9. The van der Waals surface area contributed by atoms with Crippen LogP contribution in [0.5, 0.6) is 5.75 Å². The van der Waals surface area contributed by atoms with Gasteiger partial charge in [-0.15, -0.1) is 0 Å². The van der Waals surface area contributed by atoms with Gasteiger partial charge in [-0.25, -0.2) is 4.79 Å². The molecular formula is C20H26N2O4. The number of ether oxygens (including phenoxy) is 1. The van der Waals surface area contributed by atoms with Gasteiger partial charge in [0.2, 0.25) is 0 Å². The molecule has 1 heterocycles. The molecule has 3 fully saturated rings. The van der Waals surface area contributed by atoms with Crippen molar-refractivity contribution in [3.63, 3.8) is 0 Å². The van der Waals surface area contributed by atoms with Crippen molar-refractivity contribution in [3.05, 3.63) is 29.8 Å². The van der Waals surface area contributed by atoms with E-state index in [4.69, 9.17) is 4.74 Å². The first-order chi connectivity index (χ1) is 12.6. The lowest BCUT2D eigenvalue weighted by molar-refractivity contribution is -0.149. The third-order valence-corrected chi connectivity index (χ3v) is 6.33. The van der Waals surface area contributed by atoms with Gasteiger partial charge >= 0.3 is 12.0 Å². The maximum Gasteiger partial charge on any atom is 0.317 e. The van der Waals surface area contributed by atoms with E-state index in [9.17, 15) is 14.7 Å². The number of rotatable bonds is 5. The molecule has 140 valence electrons. The molecule has 4 rings (SSSR count). The predicted molar refractivity (Wildman–Crippen MR) is 95.9 cm³/mol. The molecule has 6 heteroatoms. The Labute approximate surface area is 153 Å². The Balaban J connectivity index is 1.37. The Bertz CT molecular complexity index is 703. The minimum Gasteiger partial charge on any atom is -0.490 e. The summed E-state index contributed by atoms with van der Waals surface area (Å²) in [6, 6.07) is 7.61. The van der Waals surface area contributed by atoms with Crippen LogP contribution in [-0.4, -0.2) is 41.2 Å². The van der Waals surface area contributed by atoms with Crippen LogP contribution in [0.25, 0.3) is 0 Å². The maximum atomic E-state index is 12.6. The first kappa shape index (κ1) is 17.2. The van der Waals surface area contributed by atoms with E-state index in [-0.39, 0.29) is 11.9 Å². The van der Waals surface area contributed by atoms with Gasteiger partial charge in [0, 0.05) is 25.2 Å². The lowest BCUT2D eigenvalue weighted by Gasteiger charge is -2.27. The van der Waals surface area contributed by atoms with Gasteiger partial charge in [-0.3, -0.25) is 4.79 Å². The highest BCUT2D eigenvalue weighted by Crippen LogP contribution is 2.48. The number of hydrogen-bond acceptors (Lipinski definition) is 3. The summed E-state index contributed by atoms with van der Waals surface area (Å²) in [5.74, 6) is 0.160. The second kappa shape index (κ2) is 6.82. The molecule has 26 heavy (non-hydrogen) atoms. The molecule has 1 aromatic rings. The van der Waals surface area contributed by atoms with Crippen molar-refractivity contribution in [3.8, 4) is 5.75 Å². The Morgan fingerprint density at radius 1 is 1.23 bits per heavy atom. The lowest BCUT2D eigenvalue weighted by Crippen LogP contribution is -2.41. The molecule has 2 saturated carbocycles. The molecule has 0 aromatic heterocycles. The number of benzene rings is 1. The smallest absolute Gasteiger partial charge is 0.317 e. The summed E-state index contributed by atoms with van der Waals surface area (Å²) >= 11 is 0. The SMILES string of the molecule is O=C(NCc1ccccc1OC1CCC1)N1C[C@@H]2CCC[C@@]2(C(=O)O)C1. The molecule has 2 atom stereocenters. The van der Waals surface area contributed by atoms with Crippen LogP contribution >= 0.6 is 0 Å². The molecule has 2 N–H and O–H groups in total. The highest BCUT2D eigenvalue weighted by atomic mass is 16.5. The number of likely N-dealkylation sites (tertiary alicyclic amines) is 1. The predicted octanol–water partition coefficient (Wildman–Crippen LogP) is 3.01. The molecule has 0 spiro atoms. The van der Waals surface area contributed by atoms with Crippen molar-refractivity contribution in [2.75, 3.05) is 13.1 Å². The molecule has 0 unspecified atom stereocenters. The fraction of sp³-hybridized carbons (Fsp3) is 0.600. The number of carboxylic acids is 1. The van der Waals surface area contributed by atoms with E-state index in [1.165, 1.54) is 6.42 Å². The fourth-order valence-corrected chi connectivity index (χ4v) is 4.51. The van der Waals surface area contributed by atoms with E-state index < -0.39 is 11.4 Å². The number of carbonyl (C=O) groups is 2. The minimum absolute atomic E-state index is 0.0833. The summed E-state index contributed by atoms with van der Waals surface area (Å²) in [7, 11) is 0. The number of nitrogens with one attached hydrogen (secondary N) is 1. The summed E-state index contributed by atoms with van der Waals surface area (Å²) in [6.07, 6.45) is 6.20. The van der Waals surface area contributed by atoms with E-state index in [2.05, 4.69) is 5.32 Å². The van der Waals surface area contributed by atoms with Gasteiger partial charge in [0.05, 0.1) is 11.5 Å². The molecule has 2 amide bonds. The normalized spacial score (nSPS) is 27.7. The van der Waals surface area contributed by atoms with Crippen LogP contribution in [-0.2, 0) is 11.3 Å². The zero-order valence-corrected chi connectivity index (χ0v) is 14.9. The number of para-hydroxylation sites is 1. The molecule has 3 aliphatic rings. The van der Waals surface area contributed by atoms with E-state index in [0.29, 0.717) is 32.2 Å². The molecule has 0 radical (unpaired) electrons. The number of carbonyl (C=O) groups excluding carboxylic acids is 1. The maximum absolute atomic E-state index is 12.6. The number of hydrogen-bond donors (Lipinski definition) is 2. The second-order valence-electron chi connectivity index (χ2n) is 7.87. The Morgan fingerprint density at radius 3 is 2.73 bits per heavy atom. The number of urea groups is 1. The van der Waals surface area contributed by atoms with Gasteiger partial charge in [-0.2, -0.15) is 0 Å². The van der Waals surface area contributed by atoms with E-state index >= 15 is 0 Å². The topological polar surface area (TPSA) is 78.9 Å². The van der Waals surface area contributed by atoms with Crippen molar-refractivity contribution in [2.45, 2.75) is 51.2 Å². The molecule has 2 aliphatic carbocycles. The number of carboxylic acid groups (broad SMARTS) is 1. The highest BCUT2D eigenvalue weighted by molar-refractivity contribution is 5.80. The van der Waals surface area contributed by atoms with Crippen molar-refractivity contribution in [2.24, 2.45) is 11.3 Å². The summed E-state index contributed by atoms with van der Waals surface area (Å²) in [6.45, 7) is 1.25. The zero-order chi connectivity index (χ0) is 18.1. The quantitative estimate of drug-likeness (QED) is 0.848. The summed E-state index contributed by atoms with van der Waals surface area (Å²) < 4.78 is 6.00. The van der Waals surface area contributed by atoms with Crippen LogP contribution in [0, 0.1) is 11.3 Å². The standard InChI is InChI=1S/C20H26N2O4/c23-18(24)20-10-4-6-15(20)12-22(13-20)19(25)21-11-14-5-1-2-9-17(14)26-16-7-3-8-16/h1-2,5,9,15-16H,3-4,6-8,10-13H2,(H,21,25)(H,23,24)/t15-,20+/m0/s1. The largest absolute Gasteiger partial charge is 0.490 e. The molecule has 1 saturated heterocycles. The number of fused-ring (bicyclic) bond motifs is 1. The summed E-state index contributed by atoms with van der Waals surface area (Å²) in [4.78, 5) is 26.0. The number of nitrogens with zero attached hydrogens (tertiary/aromatic N) is 1. The van der Waals surface area contributed by atoms with E-state index in [1.807, 2.05) is 24.3 Å². The number of amides is 2. The molecule has 6 nitrogen and oxygen atoms in total. The van der Waals surface area contributed by atoms with Crippen LogP contribution in [0.4, 0.5) is 4.79 Å². The lowest BCUT2D eigenvalue weighted by atomic mass is 9.81. The van der Waals surface area contributed by atoms with Gasteiger partial charge in [-0.05, 0) is 44.1 Å². The summed E-state index contributed by atoms with van der Waals surface area (Å²) in [5.41, 5.74) is 0.225. The molecule has 0 bridgehead atoms. The van der Waals surface area contributed by atoms with Gasteiger partial charge < -0.3 is 20.1 Å². The van der Waals surface area contributed by atoms with Crippen LogP contribution in [0.3, 0.4) is 0 Å². The van der Waals surface area contributed by atoms with Crippen molar-refractivity contribution >= 4 is 12.0 Å². The fourth-order valence-electron chi connectivity index (χ4n) is 4.51. The average molecular weight is 358 g/mol. The molecule has 1 aliphatic heterocycles. The number of aliphatic carboxylic acids is 1. The third-order valence-electron chi connectivity index (χ3n) is 6.33. The van der Waals surface area contributed by atoms with Crippen LogP contribution < -0.4 is 10.1 Å². The molecular weight excluding hydrogens is 332 g/mol. The van der Waals surface area contributed by atoms with Gasteiger partial charge in [0.15, 0.2) is 0 Å². The first-order valence-electron chi connectivity index (χ1n) is 9.59. The Morgan fingerprint density at radius 2 is 2.04 bits per heavy atom. The molecule has 1 aromatic carbocycles. The highest BCUT2D eigenvalue weighted by Gasteiger charge is 2.55. The van der Waals surface area contributed by atoms with Gasteiger partial charge in [0.25, 0.3) is 0 Å². The van der Waals surface area contributed by atoms with Gasteiger partial charge in [-0.1, -0.05) is 24.6 Å². The Kier molecular flexibility index (Phi) is 4.51. The second-order valence-corrected chi connectivity index (χ2v) is 7.87. The summed E-state index contributed by atoms with van der Waals surface area (Å²) in [5, 5.41) is 12.6. The van der Waals surface area contributed by atoms with Gasteiger partial charge in [0.1, 0.15) is 5.75 Å². The van der Waals surface area contributed by atoms with Crippen LogP contribution in [0.1, 0.15) is 44.1 Å². The minimum atomic E-state index is -0.755. The van der Waals surface area contributed by atoms with Crippen molar-refractivity contribution in [1.82, 2.24) is 10.2 Å². The van der Waals surface area contributed by atoms with E-state index in [1.54, 1.807) is 4.90 Å². The van der Waals surface area contributed by atoms with Crippen molar-refractivity contribution in [1.29, 1.82) is 0 Å². The average Bonchev–Trinajstić information content (AvgIpc) is 3.15.